The molecule has 2 aliphatic heterocycles. The summed E-state index contributed by atoms with van der Waals surface area (Å²) in [5, 5.41) is 3.85. The number of aromatic nitrogens is 2. The number of hydrogen-bond donors (Lipinski definition) is 1. The highest BCUT2D eigenvalue weighted by molar-refractivity contribution is 5.92. The molecule has 3 heterocycles. The Kier molecular flexibility index (Phi) is 8.69. The van der Waals surface area contributed by atoms with Gasteiger partial charge in [0.15, 0.2) is 11.5 Å². The third-order valence-corrected chi connectivity index (χ3v) is 6.94. The first-order valence-electron chi connectivity index (χ1n) is 13.2. The van der Waals surface area contributed by atoms with Crippen molar-refractivity contribution in [2.75, 3.05) is 58.0 Å². The lowest BCUT2D eigenvalue weighted by Gasteiger charge is -2.26. The van der Waals surface area contributed by atoms with E-state index in [0.29, 0.717) is 67.1 Å². The monoisotopic (exact) mass is 546 g/mol. The van der Waals surface area contributed by atoms with E-state index < -0.39 is 23.8 Å². The number of anilines is 1. The average Bonchev–Trinajstić information content (AvgIpc) is 3.43. The highest BCUT2D eigenvalue weighted by atomic mass is 19.3. The number of hydrogen-bond acceptors (Lipinski definition) is 8. The van der Waals surface area contributed by atoms with Gasteiger partial charge in [0.1, 0.15) is 30.2 Å². The van der Waals surface area contributed by atoms with Crippen LogP contribution in [0.15, 0.2) is 30.3 Å². The largest absolute Gasteiger partial charge is 0.488 e. The van der Waals surface area contributed by atoms with Crippen molar-refractivity contribution in [3.8, 4) is 11.5 Å². The van der Waals surface area contributed by atoms with Gasteiger partial charge in [0, 0.05) is 43.1 Å². The summed E-state index contributed by atoms with van der Waals surface area (Å²) in [5.74, 6) is 1.11. The van der Waals surface area contributed by atoms with E-state index in [2.05, 4.69) is 20.2 Å². The first kappa shape index (κ1) is 27.4. The molecule has 11 heteroatoms. The molecule has 0 aliphatic carbocycles. The summed E-state index contributed by atoms with van der Waals surface area (Å²) in [5.41, 5.74) is 0.119. The number of halogens is 3. The van der Waals surface area contributed by atoms with Gasteiger partial charge in [-0.2, -0.15) is 0 Å². The van der Waals surface area contributed by atoms with Gasteiger partial charge in [-0.25, -0.2) is 23.1 Å². The number of morpholine rings is 1. The Labute approximate surface area is 225 Å². The smallest absolute Gasteiger partial charge is 0.266 e. The zero-order chi connectivity index (χ0) is 27.4. The Morgan fingerprint density at radius 1 is 1.08 bits per heavy atom. The van der Waals surface area contributed by atoms with E-state index in [1.165, 1.54) is 12.1 Å². The zero-order valence-electron chi connectivity index (χ0n) is 22.1. The second-order valence-electron chi connectivity index (χ2n) is 9.76. The fourth-order valence-electron chi connectivity index (χ4n) is 4.82. The minimum atomic E-state index is -2.90. The fraction of sp³-hybridized carbons (Fsp3) is 0.500. The van der Waals surface area contributed by atoms with Gasteiger partial charge in [0.25, 0.3) is 6.43 Å². The summed E-state index contributed by atoms with van der Waals surface area (Å²) in [6.45, 7) is 8.95. The molecule has 0 radical (unpaired) electrons. The number of aryl methyl sites for hydroxylation is 1. The van der Waals surface area contributed by atoms with E-state index >= 15 is 0 Å². The van der Waals surface area contributed by atoms with E-state index in [-0.39, 0.29) is 11.7 Å². The molecule has 0 saturated carbocycles. The summed E-state index contributed by atoms with van der Waals surface area (Å²) in [4.78, 5) is 11.4. The first-order valence-corrected chi connectivity index (χ1v) is 13.2. The van der Waals surface area contributed by atoms with E-state index in [0.717, 1.165) is 32.1 Å². The van der Waals surface area contributed by atoms with Crippen LogP contribution in [0.25, 0.3) is 10.9 Å². The number of ether oxygens (including phenoxy) is 4. The van der Waals surface area contributed by atoms with Gasteiger partial charge >= 0.3 is 0 Å². The van der Waals surface area contributed by atoms with Gasteiger partial charge in [-0.05, 0) is 19.9 Å². The predicted molar refractivity (Wildman–Crippen MR) is 140 cm³/mol. The van der Waals surface area contributed by atoms with E-state index in [9.17, 15) is 13.2 Å². The quantitative estimate of drug-likeness (QED) is 0.378. The lowest BCUT2D eigenvalue weighted by atomic mass is 10.0. The molecule has 210 valence electrons. The van der Waals surface area contributed by atoms with Gasteiger partial charge in [-0.15, -0.1) is 0 Å². The summed E-state index contributed by atoms with van der Waals surface area (Å²) >= 11 is 0. The predicted octanol–water partition coefficient (Wildman–Crippen LogP) is 5.07. The molecule has 5 rings (SSSR count). The molecule has 2 aliphatic rings. The molecule has 0 amide bonds. The van der Waals surface area contributed by atoms with Gasteiger partial charge in [-0.3, -0.25) is 4.90 Å². The van der Waals surface area contributed by atoms with Crippen molar-refractivity contribution in [3.05, 3.63) is 53.1 Å². The van der Waals surface area contributed by atoms with Crippen molar-refractivity contribution in [3.63, 3.8) is 0 Å². The third-order valence-electron chi connectivity index (χ3n) is 6.94. The van der Waals surface area contributed by atoms with E-state index in [1.807, 2.05) is 12.1 Å². The molecule has 2 saturated heterocycles. The maximum absolute atomic E-state index is 14.9. The molecule has 2 fully saturated rings. The van der Waals surface area contributed by atoms with Crippen LogP contribution in [0.1, 0.15) is 42.8 Å². The molecule has 3 aromatic rings. The standard InChI is InChI=1S/C28H33F3N4O4/c1-17(20-4-3-5-21(26(20)29)27(30)31)32-28-22-14-25(39-19-6-10-37-16-19)24(15-23(22)33-18(2)34-28)38-13-9-35-7-11-36-12-8-35/h3-5,14-15,17,19,27H,6-13,16H2,1-2H3,(H,32,33,34)/t17-,19+/m1/s1. The second-order valence-corrected chi connectivity index (χ2v) is 9.76. The van der Waals surface area contributed by atoms with E-state index in [4.69, 9.17) is 18.9 Å². The lowest BCUT2D eigenvalue weighted by Crippen LogP contribution is -2.38. The third kappa shape index (κ3) is 6.54. The van der Waals surface area contributed by atoms with Gasteiger partial charge in [-0.1, -0.05) is 18.2 Å². The minimum Gasteiger partial charge on any atom is -0.488 e. The van der Waals surface area contributed by atoms with Crippen molar-refractivity contribution >= 4 is 16.7 Å². The second kappa shape index (κ2) is 12.4. The lowest BCUT2D eigenvalue weighted by molar-refractivity contribution is 0.0319. The fourth-order valence-corrected chi connectivity index (χ4v) is 4.82. The highest BCUT2D eigenvalue weighted by Gasteiger charge is 2.23. The van der Waals surface area contributed by atoms with Crippen LogP contribution in [0, 0.1) is 12.7 Å². The Balaban J connectivity index is 1.44. The summed E-state index contributed by atoms with van der Waals surface area (Å²) in [6.07, 6.45) is -2.26. The molecule has 0 bridgehead atoms. The van der Waals surface area contributed by atoms with Crippen LogP contribution in [-0.4, -0.2) is 73.6 Å². The Hall–Kier alpha value is -3.15. The topological polar surface area (TPSA) is 78.0 Å². The van der Waals surface area contributed by atoms with Crippen LogP contribution in [-0.2, 0) is 9.47 Å². The van der Waals surface area contributed by atoms with Gasteiger partial charge < -0.3 is 24.3 Å². The summed E-state index contributed by atoms with van der Waals surface area (Å²) in [6, 6.07) is 7.01. The van der Waals surface area contributed by atoms with Crippen LogP contribution in [0.2, 0.25) is 0 Å². The van der Waals surface area contributed by atoms with Crippen LogP contribution in [0.5, 0.6) is 11.5 Å². The Morgan fingerprint density at radius 2 is 1.87 bits per heavy atom. The van der Waals surface area contributed by atoms with Crippen molar-refractivity contribution in [2.45, 2.75) is 38.8 Å². The molecule has 0 unspecified atom stereocenters. The molecule has 1 aromatic heterocycles. The van der Waals surface area contributed by atoms with E-state index in [1.54, 1.807) is 13.8 Å². The highest BCUT2D eigenvalue weighted by Crippen LogP contribution is 2.37. The summed E-state index contributed by atoms with van der Waals surface area (Å²) in [7, 11) is 0. The van der Waals surface area contributed by atoms with Gasteiger partial charge in [0.05, 0.1) is 43.5 Å². The molecule has 2 aromatic carbocycles. The van der Waals surface area contributed by atoms with Crippen molar-refractivity contribution < 1.29 is 32.1 Å². The maximum Gasteiger partial charge on any atom is 0.266 e. The molecule has 1 N–H and O–H groups in total. The minimum absolute atomic E-state index is 0.114. The van der Waals surface area contributed by atoms with Crippen LogP contribution in [0.3, 0.4) is 0 Å². The number of fused-ring (bicyclic) bond motifs is 1. The zero-order valence-corrected chi connectivity index (χ0v) is 22.1. The normalized spacial score (nSPS) is 19.0. The molecule has 39 heavy (non-hydrogen) atoms. The van der Waals surface area contributed by atoms with Crippen LogP contribution < -0.4 is 14.8 Å². The maximum atomic E-state index is 14.9. The molecule has 0 spiro atoms. The van der Waals surface area contributed by atoms with Crippen LogP contribution in [0.4, 0.5) is 19.0 Å². The van der Waals surface area contributed by atoms with Crippen molar-refractivity contribution in [2.24, 2.45) is 0 Å². The first-order chi connectivity index (χ1) is 18.9. The average molecular weight is 547 g/mol. The number of benzene rings is 2. The SMILES string of the molecule is Cc1nc(N[C@H](C)c2cccc(C(F)F)c2F)c2cc(O[C@H]3CCOC3)c(OCCN3CCOCC3)cc2n1. The number of nitrogens with one attached hydrogen (secondary N) is 1. The Morgan fingerprint density at radius 3 is 2.62 bits per heavy atom. The Bertz CT molecular complexity index is 1280. The van der Waals surface area contributed by atoms with Gasteiger partial charge in [0.2, 0.25) is 0 Å². The number of nitrogens with zero attached hydrogens (tertiary/aromatic N) is 3. The molecular formula is C28H33F3N4O4. The molecular weight excluding hydrogens is 513 g/mol. The number of alkyl halides is 2. The molecule has 2 atom stereocenters. The van der Waals surface area contributed by atoms with Crippen molar-refractivity contribution in [1.82, 2.24) is 14.9 Å². The number of rotatable bonds is 10. The summed E-state index contributed by atoms with van der Waals surface area (Å²) < 4.78 is 64.8. The van der Waals surface area contributed by atoms with Crippen LogP contribution >= 0.6 is 0 Å². The molecule has 8 nitrogen and oxygen atoms in total. The van der Waals surface area contributed by atoms with Crippen molar-refractivity contribution in [1.29, 1.82) is 0 Å².